The molecule has 0 aliphatic rings. The monoisotopic (exact) mass is 197 g/mol. The highest BCUT2D eigenvalue weighted by Crippen LogP contribution is 2.13. The minimum absolute atomic E-state index is 0.513. The minimum Gasteiger partial charge on any atom is -0.480 e. The lowest BCUT2D eigenvalue weighted by atomic mass is 10.2. The summed E-state index contributed by atoms with van der Waals surface area (Å²) in [6.07, 6.45) is 3.88. The topological polar surface area (TPSA) is 67.1 Å². The fraction of sp³-hybridized carbons (Fsp3) is 0.556. The maximum absolute atomic E-state index is 10.9. The molecule has 1 atom stereocenters. The lowest BCUT2D eigenvalue weighted by Crippen LogP contribution is -2.22. The van der Waals surface area contributed by atoms with Crippen LogP contribution in [0.2, 0.25) is 0 Å². The molecule has 1 aromatic heterocycles. The fourth-order valence-electron chi connectivity index (χ4n) is 1.41. The molecule has 0 saturated heterocycles. The standard InChI is InChI=1S/C9H15N3O2/c1-3-7(9(13)14)12-5-4-11-8(12)6-10-2/h4-5,7,10H,3,6H2,1-2H3,(H,13,14). The van der Waals surface area contributed by atoms with Crippen molar-refractivity contribution in [3.05, 3.63) is 18.2 Å². The van der Waals surface area contributed by atoms with Gasteiger partial charge in [-0.2, -0.15) is 0 Å². The van der Waals surface area contributed by atoms with Crippen LogP contribution in [-0.2, 0) is 11.3 Å². The molecule has 0 aromatic carbocycles. The van der Waals surface area contributed by atoms with Crippen molar-refractivity contribution in [2.75, 3.05) is 7.05 Å². The molecule has 0 fully saturated rings. The van der Waals surface area contributed by atoms with E-state index in [-0.39, 0.29) is 0 Å². The Bertz CT molecular complexity index is 309. The van der Waals surface area contributed by atoms with Crippen LogP contribution in [-0.4, -0.2) is 27.7 Å². The lowest BCUT2D eigenvalue weighted by molar-refractivity contribution is -0.141. The Kier molecular flexibility index (Phi) is 3.64. The quantitative estimate of drug-likeness (QED) is 0.726. The third kappa shape index (κ3) is 2.11. The Labute approximate surface area is 82.8 Å². The molecule has 0 saturated carbocycles. The predicted octanol–water partition coefficient (Wildman–Crippen LogP) is 0.638. The van der Waals surface area contributed by atoms with E-state index in [1.165, 1.54) is 0 Å². The largest absolute Gasteiger partial charge is 0.480 e. The van der Waals surface area contributed by atoms with Gasteiger partial charge in [-0.25, -0.2) is 9.78 Å². The first-order valence-corrected chi connectivity index (χ1v) is 4.59. The summed E-state index contributed by atoms with van der Waals surface area (Å²) in [5.41, 5.74) is 0. The lowest BCUT2D eigenvalue weighted by Gasteiger charge is -2.14. The molecule has 1 heterocycles. The Balaban J connectivity index is 2.91. The second-order valence-corrected chi connectivity index (χ2v) is 3.04. The number of imidazole rings is 1. The number of hydrogen-bond acceptors (Lipinski definition) is 3. The molecule has 0 spiro atoms. The molecule has 0 aliphatic carbocycles. The van der Waals surface area contributed by atoms with Crippen molar-refractivity contribution < 1.29 is 9.90 Å². The van der Waals surface area contributed by atoms with Gasteiger partial charge < -0.3 is 15.0 Å². The molecule has 0 radical (unpaired) electrons. The zero-order chi connectivity index (χ0) is 10.6. The molecule has 1 unspecified atom stereocenters. The number of carboxylic acids is 1. The summed E-state index contributed by atoms with van der Waals surface area (Å²) in [5.74, 6) is -0.0652. The third-order valence-electron chi connectivity index (χ3n) is 2.09. The molecule has 0 bridgehead atoms. The van der Waals surface area contributed by atoms with Gasteiger partial charge in [0.25, 0.3) is 0 Å². The van der Waals surface area contributed by atoms with Gasteiger partial charge in [0.05, 0.1) is 6.54 Å². The maximum Gasteiger partial charge on any atom is 0.326 e. The average Bonchev–Trinajstić information content (AvgIpc) is 2.55. The van der Waals surface area contributed by atoms with Gasteiger partial charge in [-0.15, -0.1) is 0 Å². The number of carbonyl (C=O) groups is 1. The fourth-order valence-corrected chi connectivity index (χ4v) is 1.41. The van der Waals surface area contributed by atoms with Crippen LogP contribution in [0.3, 0.4) is 0 Å². The van der Waals surface area contributed by atoms with Crippen LogP contribution in [0.5, 0.6) is 0 Å². The van der Waals surface area contributed by atoms with Crippen LogP contribution in [0.4, 0.5) is 0 Å². The van der Waals surface area contributed by atoms with Crippen molar-refractivity contribution in [3.63, 3.8) is 0 Å². The molecule has 0 amide bonds. The van der Waals surface area contributed by atoms with E-state index in [0.29, 0.717) is 13.0 Å². The Morgan fingerprint density at radius 1 is 1.79 bits per heavy atom. The second kappa shape index (κ2) is 4.76. The number of nitrogens with zero attached hydrogens (tertiary/aromatic N) is 2. The summed E-state index contributed by atoms with van der Waals surface area (Å²) in [7, 11) is 1.81. The molecular weight excluding hydrogens is 182 g/mol. The van der Waals surface area contributed by atoms with Crippen molar-refractivity contribution in [3.8, 4) is 0 Å². The van der Waals surface area contributed by atoms with Crippen molar-refractivity contribution >= 4 is 5.97 Å². The van der Waals surface area contributed by atoms with Gasteiger partial charge in [-0.05, 0) is 13.5 Å². The molecule has 1 aromatic rings. The summed E-state index contributed by atoms with van der Waals surface area (Å²) < 4.78 is 1.69. The van der Waals surface area contributed by atoms with Crippen LogP contribution >= 0.6 is 0 Å². The predicted molar refractivity (Wildman–Crippen MR) is 52.0 cm³/mol. The Morgan fingerprint density at radius 3 is 3.00 bits per heavy atom. The molecule has 0 aliphatic heterocycles. The number of rotatable bonds is 5. The van der Waals surface area contributed by atoms with Crippen molar-refractivity contribution in [1.29, 1.82) is 0 Å². The number of nitrogens with one attached hydrogen (secondary N) is 1. The second-order valence-electron chi connectivity index (χ2n) is 3.04. The van der Waals surface area contributed by atoms with Crippen LogP contribution in [0.25, 0.3) is 0 Å². The zero-order valence-corrected chi connectivity index (χ0v) is 8.40. The maximum atomic E-state index is 10.9. The summed E-state index contributed by atoms with van der Waals surface area (Å²) in [6, 6.07) is -0.513. The van der Waals surface area contributed by atoms with Gasteiger partial charge in [0.15, 0.2) is 0 Å². The number of aromatic nitrogens is 2. The van der Waals surface area contributed by atoms with Gasteiger partial charge in [0.1, 0.15) is 11.9 Å². The molecule has 14 heavy (non-hydrogen) atoms. The van der Waals surface area contributed by atoms with E-state index in [0.717, 1.165) is 5.82 Å². The molecule has 1 rings (SSSR count). The molecule has 5 heteroatoms. The van der Waals surface area contributed by atoms with E-state index >= 15 is 0 Å². The van der Waals surface area contributed by atoms with Crippen LogP contribution in [0.1, 0.15) is 25.2 Å². The normalized spacial score (nSPS) is 12.7. The summed E-state index contributed by atoms with van der Waals surface area (Å²) >= 11 is 0. The van der Waals surface area contributed by atoms with E-state index in [1.807, 2.05) is 6.92 Å². The van der Waals surface area contributed by atoms with E-state index in [4.69, 9.17) is 5.11 Å². The van der Waals surface area contributed by atoms with E-state index in [9.17, 15) is 4.79 Å². The van der Waals surface area contributed by atoms with Gasteiger partial charge in [-0.3, -0.25) is 0 Å². The Hall–Kier alpha value is -1.36. The molecular formula is C9H15N3O2. The highest BCUT2D eigenvalue weighted by atomic mass is 16.4. The van der Waals surface area contributed by atoms with Gasteiger partial charge >= 0.3 is 5.97 Å². The smallest absolute Gasteiger partial charge is 0.326 e. The van der Waals surface area contributed by atoms with E-state index < -0.39 is 12.0 Å². The number of aliphatic carboxylic acids is 1. The molecule has 5 nitrogen and oxygen atoms in total. The van der Waals surface area contributed by atoms with Crippen molar-refractivity contribution in [1.82, 2.24) is 14.9 Å². The molecule has 2 N–H and O–H groups in total. The first-order chi connectivity index (χ1) is 6.70. The highest BCUT2D eigenvalue weighted by Gasteiger charge is 2.19. The summed E-state index contributed by atoms with van der Waals surface area (Å²) in [6.45, 7) is 2.43. The van der Waals surface area contributed by atoms with Crippen LogP contribution in [0, 0.1) is 0 Å². The van der Waals surface area contributed by atoms with Crippen molar-refractivity contribution in [2.45, 2.75) is 25.9 Å². The SMILES string of the molecule is CCC(C(=O)O)n1ccnc1CNC. The Morgan fingerprint density at radius 2 is 2.50 bits per heavy atom. The van der Waals surface area contributed by atoms with Crippen molar-refractivity contribution in [2.24, 2.45) is 0 Å². The molecule has 78 valence electrons. The van der Waals surface area contributed by atoms with Gasteiger partial charge in [0, 0.05) is 12.4 Å². The van der Waals surface area contributed by atoms with E-state index in [1.54, 1.807) is 24.0 Å². The first kappa shape index (κ1) is 10.7. The van der Waals surface area contributed by atoms with Crippen LogP contribution < -0.4 is 5.32 Å². The number of hydrogen-bond donors (Lipinski definition) is 2. The first-order valence-electron chi connectivity index (χ1n) is 4.59. The number of carboxylic acid groups (broad SMARTS) is 1. The van der Waals surface area contributed by atoms with Crippen LogP contribution in [0.15, 0.2) is 12.4 Å². The summed E-state index contributed by atoms with van der Waals surface area (Å²) in [5, 5.41) is 11.9. The van der Waals surface area contributed by atoms with Gasteiger partial charge in [0.2, 0.25) is 0 Å². The highest BCUT2D eigenvalue weighted by molar-refractivity contribution is 5.71. The third-order valence-corrected chi connectivity index (χ3v) is 2.09. The van der Waals surface area contributed by atoms with E-state index in [2.05, 4.69) is 10.3 Å². The zero-order valence-electron chi connectivity index (χ0n) is 8.40. The summed E-state index contributed by atoms with van der Waals surface area (Å²) in [4.78, 5) is 15.0. The minimum atomic E-state index is -0.817. The van der Waals surface area contributed by atoms with Gasteiger partial charge in [-0.1, -0.05) is 6.92 Å². The average molecular weight is 197 g/mol.